The molecule has 3 rings (SSSR count). The molecule has 38 heavy (non-hydrogen) atoms. The number of pyridine rings is 1. The van der Waals surface area contributed by atoms with Crippen molar-refractivity contribution in [2.24, 2.45) is 5.92 Å². The molecule has 202 valence electrons. The highest BCUT2D eigenvalue weighted by molar-refractivity contribution is 7.92. The molecule has 0 amide bonds. The summed E-state index contributed by atoms with van der Waals surface area (Å²) in [5.41, 5.74) is 1.04. The SMILES string of the molecule is CC(C)OC(=O)C(C(=O)OC(C)C)C(Nc1ccc(S(=O)(=O)Nc2ccccn2)cc1)c1ccc(Cl)cc1. The molecule has 0 radical (unpaired) electrons. The Kier molecular flexibility index (Phi) is 9.71. The number of nitrogens with zero attached hydrogens (tertiary/aromatic N) is 1. The van der Waals surface area contributed by atoms with E-state index in [0.717, 1.165) is 0 Å². The van der Waals surface area contributed by atoms with Crippen LogP contribution in [0, 0.1) is 5.92 Å². The monoisotopic (exact) mass is 559 g/mol. The fraction of sp³-hybridized carbons (Fsp3) is 0.296. The Hall–Kier alpha value is -3.63. The zero-order chi connectivity index (χ0) is 27.9. The summed E-state index contributed by atoms with van der Waals surface area (Å²) in [6.45, 7) is 6.74. The summed E-state index contributed by atoms with van der Waals surface area (Å²) >= 11 is 6.07. The Labute approximate surface area is 227 Å². The van der Waals surface area contributed by atoms with Crippen molar-refractivity contribution in [1.29, 1.82) is 0 Å². The van der Waals surface area contributed by atoms with Crippen LogP contribution in [0.5, 0.6) is 0 Å². The zero-order valence-electron chi connectivity index (χ0n) is 21.4. The van der Waals surface area contributed by atoms with Crippen LogP contribution in [0.15, 0.2) is 77.8 Å². The fourth-order valence-corrected chi connectivity index (χ4v) is 4.67. The molecule has 0 fully saturated rings. The van der Waals surface area contributed by atoms with Crippen LogP contribution >= 0.6 is 11.6 Å². The molecule has 0 spiro atoms. The molecule has 11 heteroatoms. The van der Waals surface area contributed by atoms with Crippen LogP contribution in [0.4, 0.5) is 11.5 Å². The Morgan fingerprint density at radius 1 is 0.842 bits per heavy atom. The molecule has 1 heterocycles. The second-order valence-corrected chi connectivity index (χ2v) is 11.1. The minimum Gasteiger partial charge on any atom is -0.462 e. The van der Waals surface area contributed by atoms with E-state index in [-0.39, 0.29) is 10.7 Å². The second-order valence-electron chi connectivity index (χ2n) is 8.97. The topological polar surface area (TPSA) is 124 Å². The number of ether oxygens (including phenoxy) is 2. The standard InChI is InChI=1S/C27H30ClN3O6S/c1-17(2)36-26(32)24(27(33)37-18(3)4)25(19-8-10-20(28)11-9-19)30-21-12-14-22(15-13-21)38(34,35)31-23-7-5-6-16-29-23/h5-18,24-25,30H,1-4H3,(H,29,31). The van der Waals surface area contributed by atoms with E-state index in [1.807, 2.05) is 0 Å². The van der Waals surface area contributed by atoms with Crippen LogP contribution in [0.3, 0.4) is 0 Å². The van der Waals surface area contributed by atoms with Gasteiger partial charge in [-0.25, -0.2) is 13.4 Å². The Bertz CT molecular complexity index is 1310. The normalized spacial score (nSPS) is 12.3. The highest BCUT2D eigenvalue weighted by Crippen LogP contribution is 2.31. The number of anilines is 2. The van der Waals surface area contributed by atoms with Crippen LogP contribution in [-0.2, 0) is 29.1 Å². The van der Waals surface area contributed by atoms with Crippen LogP contribution < -0.4 is 10.0 Å². The van der Waals surface area contributed by atoms with Gasteiger partial charge in [-0.3, -0.25) is 14.3 Å². The van der Waals surface area contributed by atoms with Gasteiger partial charge in [0.05, 0.1) is 23.1 Å². The molecule has 0 aliphatic rings. The number of sulfonamides is 1. The van der Waals surface area contributed by atoms with Crippen molar-refractivity contribution < 1.29 is 27.5 Å². The summed E-state index contributed by atoms with van der Waals surface area (Å²) in [5.74, 6) is -2.67. The third kappa shape index (κ3) is 7.93. The van der Waals surface area contributed by atoms with Gasteiger partial charge in [-0.1, -0.05) is 29.8 Å². The molecule has 1 unspecified atom stereocenters. The first kappa shape index (κ1) is 28.9. The van der Waals surface area contributed by atoms with Gasteiger partial charge in [-0.2, -0.15) is 0 Å². The highest BCUT2D eigenvalue weighted by Gasteiger charge is 2.39. The average molecular weight is 560 g/mol. The Morgan fingerprint density at radius 3 is 1.92 bits per heavy atom. The van der Waals surface area contributed by atoms with E-state index >= 15 is 0 Å². The number of hydrogen-bond acceptors (Lipinski definition) is 8. The minimum atomic E-state index is -3.89. The smallest absolute Gasteiger partial charge is 0.323 e. The first-order valence-corrected chi connectivity index (χ1v) is 13.8. The maximum Gasteiger partial charge on any atom is 0.323 e. The lowest BCUT2D eigenvalue weighted by Crippen LogP contribution is -2.38. The predicted molar refractivity (Wildman–Crippen MR) is 145 cm³/mol. The third-order valence-corrected chi connectivity index (χ3v) is 6.79. The quantitative estimate of drug-likeness (QED) is 0.242. The second kappa shape index (κ2) is 12.7. The predicted octanol–water partition coefficient (Wildman–Crippen LogP) is 5.21. The van der Waals surface area contributed by atoms with Crippen molar-refractivity contribution in [3.63, 3.8) is 0 Å². The number of halogens is 1. The van der Waals surface area contributed by atoms with E-state index in [1.54, 1.807) is 64.1 Å². The van der Waals surface area contributed by atoms with E-state index in [9.17, 15) is 18.0 Å². The van der Waals surface area contributed by atoms with Crippen molar-refractivity contribution in [3.05, 3.63) is 83.5 Å². The highest BCUT2D eigenvalue weighted by atomic mass is 35.5. The first-order valence-electron chi connectivity index (χ1n) is 11.9. The third-order valence-electron chi connectivity index (χ3n) is 5.16. The summed E-state index contributed by atoms with van der Waals surface area (Å²) in [4.78, 5) is 30.2. The lowest BCUT2D eigenvalue weighted by molar-refractivity contribution is -0.167. The van der Waals surface area contributed by atoms with Gasteiger partial charge in [0.1, 0.15) is 5.82 Å². The van der Waals surface area contributed by atoms with Gasteiger partial charge in [0, 0.05) is 16.9 Å². The van der Waals surface area contributed by atoms with Gasteiger partial charge >= 0.3 is 11.9 Å². The number of benzene rings is 2. The molecule has 0 aliphatic carbocycles. The van der Waals surface area contributed by atoms with E-state index in [4.69, 9.17) is 21.1 Å². The van der Waals surface area contributed by atoms with Crippen molar-refractivity contribution in [1.82, 2.24) is 4.98 Å². The van der Waals surface area contributed by atoms with Crippen molar-refractivity contribution in [3.8, 4) is 0 Å². The van der Waals surface area contributed by atoms with Crippen molar-refractivity contribution in [2.45, 2.75) is 50.8 Å². The molecule has 0 saturated carbocycles. The van der Waals surface area contributed by atoms with Crippen molar-refractivity contribution in [2.75, 3.05) is 10.0 Å². The molecule has 1 atom stereocenters. The largest absolute Gasteiger partial charge is 0.462 e. The number of nitrogens with one attached hydrogen (secondary N) is 2. The fourth-order valence-electron chi connectivity index (χ4n) is 3.54. The molecule has 2 aromatic carbocycles. The van der Waals surface area contributed by atoms with Crippen LogP contribution in [-0.4, -0.2) is 37.5 Å². The van der Waals surface area contributed by atoms with E-state index in [2.05, 4.69) is 15.0 Å². The molecule has 3 aromatic rings. The van der Waals surface area contributed by atoms with Crippen LogP contribution in [0.25, 0.3) is 0 Å². The van der Waals surface area contributed by atoms with Gasteiger partial charge in [0.15, 0.2) is 5.92 Å². The summed E-state index contributed by atoms with van der Waals surface area (Å²) < 4.78 is 38.8. The van der Waals surface area contributed by atoms with Gasteiger partial charge in [-0.05, 0) is 81.8 Å². The number of rotatable bonds is 11. The van der Waals surface area contributed by atoms with Crippen LogP contribution in [0.2, 0.25) is 5.02 Å². The number of carbonyl (C=O) groups excluding carboxylic acids is 2. The average Bonchev–Trinajstić information content (AvgIpc) is 2.84. The van der Waals surface area contributed by atoms with Gasteiger partial charge in [-0.15, -0.1) is 0 Å². The van der Waals surface area contributed by atoms with Gasteiger partial charge in [0.2, 0.25) is 0 Å². The van der Waals surface area contributed by atoms with E-state index < -0.39 is 46.1 Å². The lowest BCUT2D eigenvalue weighted by Gasteiger charge is -2.28. The molecule has 1 aromatic heterocycles. The molecule has 0 bridgehead atoms. The number of aromatic nitrogens is 1. The lowest BCUT2D eigenvalue weighted by atomic mass is 9.92. The summed E-state index contributed by atoms with van der Waals surface area (Å²) in [6, 6.07) is 16.5. The number of hydrogen-bond donors (Lipinski definition) is 2. The molecule has 2 N–H and O–H groups in total. The zero-order valence-corrected chi connectivity index (χ0v) is 23.0. The Balaban J connectivity index is 1.95. The number of carbonyl (C=O) groups is 2. The molecule has 0 saturated heterocycles. The first-order chi connectivity index (χ1) is 18.0. The van der Waals surface area contributed by atoms with Gasteiger partial charge in [0.25, 0.3) is 10.0 Å². The van der Waals surface area contributed by atoms with Crippen LogP contribution in [0.1, 0.15) is 39.3 Å². The Morgan fingerprint density at radius 2 is 1.42 bits per heavy atom. The molecular weight excluding hydrogens is 530 g/mol. The van der Waals surface area contributed by atoms with E-state index in [0.29, 0.717) is 16.3 Å². The minimum absolute atomic E-state index is 0.00623. The molecule has 9 nitrogen and oxygen atoms in total. The van der Waals surface area contributed by atoms with Crippen molar-refractivity contribution >= 4 is 45.1 Å². The molecule has 0 aliphatic heterocycles. The van der Waals surface area contributed by atoms with Gasteiger partial charge < -0.3 is 14.8 Å². The van der Waals surface area contributed by atoms with E-state index in [1.165, 1.54) is 36.5 Å². The summed E-state index contributed by atoms with van der Waals surface area (Å²) in [6.07, 6.45) is 0.560. The number of esters is 2. The maximum atomic E-state index is 13.1. The summed E-state index contributed by atoms with van der Waals surface area (Å²) in [5, 5.41) is 3.66. The summed E-state index contributed by atoms with van der Waals surface area (Å²) in [7, 11) is -3.89. The maximum absolute atomic E-state index is 13.1. The molecular formula is C27H30ClN3O6S.